The molecule has 0 fully saturated rings. The largest absolute Gasteiger partial charge is 0.542 e. The quantitative estimate of drug-likeness (QED) is 0.772. The van der Waals surface area contributed by atoms with E-state index in [1.165, 1.54) is 0 Å². The van der Waals surface area contributed by atoms with E-state index < -0.39 is 8.32 Å². The van der Waals surface area contributed by atoms with Crippen molar-refractivity contribution < 1.29 is 9.16 Å². The Morgan fingerprint density at radius 2 is 1.70 bits per heavy atom. The number of fused-ring (bicyclic) bond motifs is 1. The third-order valence-electron chi connectivity index (χ3n) is 4.04. The fraction of sp³-hybridized carbons (Fsp3) is 0.438. The first-order valence-corrected chi connectivity index (χ1v) is 9.76. The number of ether oxygens (including phenoxy) is 1. The van der Waals surface area contributed by atoms with Crippen molar-refractivity contribution in [1.29, 1.82) is 0 Å². The summed E-state index contributed by atoms with van der Waals surface area (Å²) < 4.78 is 11.5. The van der Waals surface area contributed by atoms with Gasteiger partial charge >= 0.3 is 0 Å². The number of methoxy groups -OCH3 is 1. The molecule has 0 N–H and O–H groups in total. The first-order chi connectivity index (χ1) is 9.23. The van der Waals surface area contributed by atoms with E-state index in [-0.39, 0.29) is 5.04 Å². The number of aromatic nitrogens is 1. The van der Waals surface area contributed by atoms with Crippen LogP contribution >= 0.6 is 0 Å². The summed E-state index contributed by atoms with van der Waals surface area (Å²) in [6.07, 6.45) is 1.81. The lowest BCUT2D eigenvalue weighted by molar-refractivity contribution is 0.415. The first-order valence-electron chi connectivity index (χ1n) is 6.86. The minimum absolute atomic E-state index is 0.177. The molecule has 0 radical (unpaired) electrons. The first kappa shape index (κ1) is 14.8. The fourth-order valence-electron chi connectivity index (χ4n) is 1.72. The maximum atomic E-state index is 6.28. The van der Waals surface area contributed by atoms with Gasteiger partial charge in [-0.25, -0.2) is 0 Å². The van der Waals surface area contributed by atoms with Crippen molar-refractivity contribution in [3.05, 3.63) is 30.5 Å². The van der Waals surface area contributed by atoms with Gasteiger partial charge in [-0.05, 0) is 42.4 Å². The highest BCUT2D eigenvalue weighted by Crippen LogP contribution is 2.37. The Morgan fingerprint density at radius 3 is 2.30 bits per heavy atom. The molecule has 2 rings (SSSR count). The summed E-state index contributed by atoms with van der Waals surface area (Å²) in [6, 6.07) is 7.92. The van der Waals surface area contributed by atoms with Crippen LogP contribution in [0.1, 0.15) is 20.8 Å². The van der Waals surface area contributed by atoms with Crippen molar-refractivity contribution in [3.63, 3.8) is 0 Å². The maximum Gasteiger partial charge on any atom is 0.250 e. The molecule has 108 valence electrons. The van der Waals surface area contributed by atoms with Crippen molar-refractivity contribution in [2.75, 3.05) is 7.11 Å². The predicted molar refractivity (Wildman–Crippen MR) is 86.1 cm³/mol. The second kappa shape index (κ2) is 5.09. The van der Waals surface area contributed by atoms with Gasteiger partial charge in [0.15, 0.2) is 0 Å². The standard InChI is InChI=1S/C16H23NO2Si/c1-16(2,3)20(5,6)19-14-10-12-9-13(18-4)7-8-15(12)17-11-14/h7-11H,1-6H3. The zero-order chi connectivity index (χ0) is 15.0. The molecular weight excluding hydrogens is 266 g/mol. The van der Waals surface area contributed by atoms with Gasteiger partial charge in [0.25, 0.3) is 8.32 Å². The normalized spacial score (nSPS) is 12.5. The summed E-state index contributed by atoms with van der Waals surface area (Å²) in [7, 11) is -0.155. The molecule has 1 aromatic carbocycles. The van der Waals surface area contributed by atoms with E-state index in [1.807, 2.05) is 30.5 Å². The molecule has 1 aromatic heterocycles. The third kappa shape index (κ3) is 2.95. The molecule has 0 atom stereocenters. The van der Waals surface area contributed by atoms with Crippen molar-refractivity contribution in [1.82, 2.24) is 4.98 Å². The highest BCUT2D eigenvalue weighted by Gasteiger charge is 2.39. The molecule has 0 amide bonds. The lowest BCUT2D eigenvalue weighted by Gasteiger charge is -2.36. The van der Waals surface area contributed by atoms with E-state index in [4.69, 9.17) is 9.16 Å². The monoisotopic (exact) mass is 289 g/mol. The number of nitrogens with zero attached hydrogens (tertiary/aromatic N) is 1. The van der Waals surface area contributed by atoms with Crippen molar-refractivity contribution in [3.8, 4) is 11.5 Å². The lowest BCUT2D eigenvalue weighted by Crippen LogP contribution is -2.43. The Bertz CT molecular complexity index is 617. The highest BCUT2D eigenvalue weighted by molar-refractivity contribution is 6.74. The van der Waals surface area contributed by atoms with Crippen molar-refractivity contribution >= 4 is 19.2 Å². The molecule has 0 saturated heterocycles. The van der Waals surface area contributed by atoms with Gasteiger partial charge in [-0.15, -0.1) is 0 Å². The van der Waals surface area contributed by atoms with Crippen LogP contribution in [0, 0.1) is 0 Å². The molecule has 4 heteroatoms. The van der Waals surface area contributed by atoms with Gasteiger partial charge in [-0.1, -0.05) is 20.8 Å². The van der Waals surface area contributed by atoms with Gasteiger partial charge < -0.3 is 9.16 Å². The van der Waals surface area contributed by atoms with Crippen LogP contribution in [0.3, 0.4) is 0 Å². The Balaban J connectivity index is 2.36. The van der Waals surface area contributed by atoms with Gasteiger partial charge in [-0.2, -0.15) is 0 Å². The van der Waals surface area contributed by atoms with Gasteiger partial charge in [0.1, 0.15) is 11.5 Å². The summed E-state index contributed by atoms with van der Waals surface area (Å²) in [6.45, 7) is 11.2. The minimum atomic E-state index is -1.83. The Labute approximate surface area is 122 Å². The van der Waals surface area contributed by atoms with E-state index in [9.17, 15) is 0 Å². The molecule has 0 bridgehead atoms. The predicted octanol–water partition coefficient (Wildman–Crippen LogP) is 4.63. The minimum Gasteiger partial charge on any atom is -0.542 e. The molecule has 0 unspecified atom stereocenters. The number of hydrogen-bond acceptors (Lipinski definition) is 3. The summed E-state index contributed by atoms with van der Waals surface area (Å²) in [5.41, 5.74) is 0.952. The molecule has 1 heterocycles. The Morgan fingerprint density at radius 1 is 1.05 bits per heavy atom. The lowest BCUT2D eigenvalue weighted by atomic mass is 10.2. The van der Waals surface area contributed by atoms with E-state index in [0.29, 0.717) is 0 Å². The molecular formula is C16H23NO2Si. The average Bonchev–Trinajstić information content (AvgIpc) is 2.36. The average molecular weight is 289 g/mol. The molecule has 3 nitrogen and oxygen atoms in total. The van der Waals surface area contributed by atoms with Crippen molar-refractivity contribution in [2.24, 2.45) is 0 Å². The van der Waals surface area contributed by atoms with Crippen molar-refractivity contribution in [2.45, 2.75) is 38.9 Å². The van der Waals surface area contributed by atoms with E-state index in [2.05, 4.69) is 38.8 Å². The number of rotatable bonds is 3. The molecule has 0 aliphatic heterocycles. The van der Waals surface area contributed by atoms with Crippen LogP contribution in [0.15, 0.2) is 30.5 Å². The highest BCUT2D eigenvalue weighted by atomic mass is 28.4. The molecule has 2 aromatic rings. The second-order valence-electron chi connectivity index (χ2n) is 6.59. The number of benzene rings is 1. The molecule has 0 aliphatic rings. The number of hydrogen-bond donors (Lipinski definition) is 0. The zero-order valence-corrected chi connectivity index (χ0v) is 14.2. The van der Waals surface area contributed by atoms with Gasteiger partial charge in [-0.3, -0.25) is 4.98 Å². The number of pyridine rings is 1. The van der Waals surface area contributed by atoms with Crippen LogP contribution < -0.4 is 9.16 Å². The van der Waals surface area contributed by atoms with E-state index >= 15 is 0 Å². The fourth-order valence-corrected chi connectivity index (χ4v) is 2.73. The third-order valence-corrected chi connectivity index (χ3v) is 8.40. The topological polar surface area (TPSA) is 31.4 Å². The van der Waals surface area contributed by atoms with E-state index in [1.54, 1.807) is 7.11 Å². The van der Waals surface area contributed by atoms with Crippen LogP contribution in [-0.2, 0) is 0 Å². The Kier molecular flexibility index (Phi) is 3.78. The molecule has 20 heavy (non-hydrogen) atoms. The van der Waals surface area contributed by atoms with Crippen LogP contribution in [0.5, 0.6) is 11.5 Å². The summed E-state index contributed by atoms with van der Waals surface area (Å²) in [4.78, 5) is 4.46. The summed E-state index contributed by atoms with van der Waals surface area (Å²) in [5.74, 6) is 1.68. The van der Waals surface area contributed by atoms with E-state index in [0.717, 1.165) is 22.4 Å². The zero-order valence-electron chi connectivity index (χ0n) is 13.2. The SMILES string of the molecule is COc1ccc2ncc(O[Si](C)(C)C(C)(C)C)cc2c1. The van der Waals surface area contributed by atoms with Gasteiger partial charge in [0.2, 0.25) is 0 Å². The van der Waals surface area contributed by atoms with Crippen LogP contribution in [0.25, 0.3) is 10.9 Å². The molecule has 0 spiro atoms. The molecule has 0 aliphatic carbocycles. The molecule has 0 saturated carbocycles. The summed E-state index contributed by atoms with van der Waals surface area (Å²) >= 11 is 0. The summed E-state index contributed by atoms with van der Waals surface area (Å²) in [5, 5.41) is 1.22. The van der Waals surface area contributed by atoms with Crippen LogP contribution in [0.2, 0.25) is 18.1 Å². The maximum absolute atomic E-state index is 6.28. The van der Waals surface area contributed by atoms with Crippen LogP contribution in [-0.4, -0.2) is 20.4 Å². The second-order valence-corrected chi connectivity index (χ2v) is 11.3. The van der Waals surface area contributed by atoms with Crippen LogP contribution in [0.4, 0.5) is 0 Å². The Hall–Kier alpha value is -1.55. The van der Waals surface area contributed by atoms with Gasteiger partial charge in [0.05, 0.1) is 18.8 Å². The smallest absolute Gasteiger partial charge is 0.250 e. The van der Waals surface area contributed by atoms with Gasteiger partial charge in [0, 0.05) is 5.39 Å².